The van der Waals surface area contributed by atoms with Gasteiger partial charge < -0.3 is 10.1 Å². The average Bonchev–Trinajstić information content (AvgIpc) is 2.10. The monoisotopic (exact) mass is 239 g/mol. The second-order valence-electron chi connectivity index (χ2n) is 6.52. The number of hydrogen-bond acceptors (Lipinski definition) is 2. The Hall–Kier alpha value is -0.340. The zero-order valence-electron chi connectivity index (χ0n) is 12.1. The molecule has 0 radical (unpaired) electrons. The van der Waals surface area contributed by atoms with Gasteiger partial charge in [0.2, 0.25) is 0 Å². The van der Waals surface area contributed by atoms with Crippen molar-refractivity contribution in [3.05, 3.63) is 12.2 Å². The highest BCUT2D eigenvalue weighted by atomic mass is 16.5. The van der Waals surface area contributed by atoms with Crippen molar-refractivity contribution in [2.24, 2.45) is 0 Å². The molecule has 0 heterocycles. The quantitative estimate of drug-likeness (QED) is 0.684. The maximum atomic E-state index is 6.09. The van der Waals surface area contributed by atoms with Gasteiger partial charge in [-0.1, -0.05) is 5.57 Å². The van der Waals surface area contributed by atoms with Gasteiger partial charge in [0, 0.05) is 5.54 Å². The first-order valence-electron chi connectivity index (χ1n) is 6.86. The van der Waals surface area contributed by atoms with Gasteiger partial charge in [0.25, 0.3) is 0 Å². The van der Waals surface area contributed by atoms with Crippen molar-refractivity contribution in [2.75, 3.05) is 13.2 Å². The minimum absolute atomic E-state index is 0.174. The fourth-order valence-electron chi connectivity index (χ4n) is 2.14. The highest BCUT2D eigenvalue weighted by molar-refractivity contribution is 4.93. The zero-order valence-corrected chi connectivity index (χ0v) is 12.1. The van der Waals surface area contributed by atoms with Gasteiger partial charge in [-0.3, -0.25) is 0 Å². The SMILES string of the molecule is C=C(C)CCOC1(CCNC(C)(C)C)CCC1. The van der Waals surface area contributed by atoms with E-state index in [0.717, 1.165) is 26.0 Å². The number of hydrogen-bond donors (Lipinski definition) is 1. The molecule has 1 fully saturated rings. The summed E-state index contributed by atoms with van der Waals surface area (Å²) in [6, 6.07) is 0. The molecule has 0 aromatic carbocycles. The predicted molar refractivity (Wildman–Crippen MR) is 74.3 cm³/mol. The van der Waals surface area contributed by atoms with Crippen LogP contribution in [0.25, 0.3) is 0 Å². The Balaban J connectivity index is 2.24. The highest BCUT2D eigenvalue weighted by Gasteiger charge is 2.37. The first-order valence-corrected chi connectivity index (χ1v) is 6.86. The van der Waals surface area contributed by atoms with Gasteiger partial charge in [-0.2, -0.15) is 0 Å². The third-order valence-electron chi connectivity index (χ3n) is 3.44. The molecule has 0 aromatic heterocycles. The van der Waals surface area contributed by atoms with E-state index in [1.54, 1.807) is 0 Å². The van der Waals surface area contributed by atoms with Gasteiger partial charge in [0.05, 0.1) is 12.2 Å². The first kappa shape index (κ1) is 14.7. The van der Waals surface area contributed by atoms with Gasteiger partial charge >= 0.3 is 0 Å². The van der Waals surface area contributed by atoms with Crippen LogP contribution in [-0.4, -0.2) is 24.3 Å². The lowest BCUT2D eigenvalue weighted by Crippen LogP contribution is -2.45. The van der Waals surface area contributed by atoms with Crippen molar-refractivity contribution in [3.8, 4) is 0 Å². The van der Waals surface area contributed by atoms with E-state index >= 15 is 0 Å². The van der Waals surface area contributed by atoms with Gasteiger partial charge in [-0.05, 0) is 66.3 Å². The smallest absolute Gasteiger partial charge is 0.0694 e. The van der Waals surface area contributed by atoms with E-state index in [0.29, 0.717) is 0 Å². The summed E-state index contributed by atoms with van der Waals surface area (Å²) in [5.41, 5.74) is 1.60. The molecule has 0 spiro atoms. The first-order chi connectivity index (χ1) is 7.83. The number of rotatable bonds is 7. The molecule has 2 nitrogen and oxygen atoms in total. The lowest BCUT2D eigenvalue weighted by Gasteiger charge is -2.42. The Labute approximate surface area is 107 Å². The molecule has 1 aliphatic carbocycles. The largest absolute Gasteiger partial charge is 0.375 e. The molecule has 0 saturated heterocycles. The summed E-state index contributed by atoms with van der Waals surface area (Å²) in [7, 11) is 0. The predicted octanol–water partition coefficient (Wildman–Crippen LogP) is 3.67. The maximum absolute atomic E-state index is 6.09. The average molecular weight is 239 g/mol. The summed E-state index contributed by atoms with van der Waals surface area (Å²) in [6.45, 7) is 14.5. The fourth-order valence-corrected chi connectivity index (χ4v) is 2.14. The summed E-state index contributed by atoms with van der Waals surface area (Å²) in [5.74, 6) is 0. The van der Waals surface area contributed by atoms with Gasteiger partial charge in [0.15, 0.2) is 0 Å². The summed E-state index contributed by atoms with van der Waals surface area (Å²) in [4.78, 5) is 0. The van der Waals surface area contributed by atoms with Gasteiger partial charge in [-0.15, -0.1) is 6.58 Å². The number of nitrogens with one attached hydrogen (secondary N) is 1. The molecule has 1 aliphatic rings. The minimum atomic E-state index is 0.174. The van der Waals surface area contributed by atoms with E-state index in [2.05, 4.69) is 39.6 Å². The Morgan fingerprint density at radius 1 is 1.35 bits per heavy atom. The second-order valence-corrected chi connectivity index (χ2v) is 6.52. The van der Waals surface area contributed by atoms with Crippen LogP contribution in [0.4, 0.5) is 0 Å². The molecule has 0 bridgehead atoms. The molecule has 1 saturated carbocycles. The second kappa shape index (κ2) is 6.01. The Bertz CT molecular complexity index is 248. The van der Waals surface area contributed by atoms with E-state index in [4.69, 9.17) is 4.74 Å². The van der Waals surface area contributed by atoms with Crippen molar-refractivity contribution in [2.45, 2.75) is 70.9 Å². The van der Waals surface area contributed by atoms with Crippen molar-refractivity contribution < 1.29 is 4.74 Å². The van der Waals surface area contributed by atoms with Crippen molar-refractivity contribution in [1.29, 1.82) is 0 Å². The summed E-state index contributed by atoms with van der Waals surface area (Å²) >= 11 is 0. The molecular weight excluding hydrogens is 210 g/mol. The summed E-state index contributed by atoms with van der Waals surface area (Å²) < 4.78 is 6.09. The van der Waals surface area contributed by atoms with Crippen LogP contribution < -0.4 is 5.32 Å². The Morgan fingerprint density at radius 3 is 2.41 bits per heavy atom. The Kier molecular flexibility index (Phi) is 5.21. The van der Waals surface area contributed by atoms with Crippen molar-refractivity contribution in [1.82, 2.24) is 5.32 Å². The van der Waals surface area contributed by atoms with Crippen LogP contribution in [0.2, 0.25) is 0 Å². The molecule has 1 N–H and O–H groups in total. The molecule has 0 aliphatic heterocycles. The van der Waals surface area contributed by atoms with Gasteiger partial charge in [-0.25, -0.2) is 0 Å². The van der Waals surface area contributed by atoms with E-state index in [1.165, 1.54) is 24.8 Å². The normalized spacial score (nSPS) is 18.8. The molecule has 0 amide bonds. The van der Waals surface area contributed by atoms with Crippen LogP contribution in [0.5, 0.6) is 0 Å². The molecule has 0 aromatic rings. The summed E-state index contributed by atoms with van der Waals surface area (Å²) in [6.07, 6.45) is 5.92. The van der Waals surface area contributed by atoms with Crippen LogP contribution in [-0.2, 0) is 4.74 Å². The standard InChI is InChI=1S/C15H29NO/c1-13(2)7-12-17-15(8-6-9-15)10-11-16-14(3,4)5/h16H,1,6-12H2,2-5H3. The lowest BCUT2D eigenvalue weighted by molar-refractivity contribution is -0.103. The van der Waals surface area contributed by atoms with Crippen molar-refractivity contribution >= 4 is 0 Å². The van der Waals surface area contributed by atoms with Crippen molar-refractivity contribution in [3.63, 3.8) is 0 Å². The van der Waals surface area contributed by atoms with Crippen LogP contribution in [0.1, 0.15) is 59.8 Å². The van der Waals surface area contributed by atoms with Crippen LogP contribution in [0, 0.1) is 0 Å². The van der Waals surface area contributed by atoms with Crippen LogP contribution >= 0.6 is 0 Å². The fraction of sp³-hybridized carbons (Fsp3) is 0.867. The van der Waals surface area contributed by atoms with Gasteiger partial charge in [0.1, 0.15) is 0 Å². The van der Waals surface area contributed by atoms with E-state index < -0.39 is 0 Å². The zero-order chi connectivity index (χ0) is 12.9. The topological polar surface area (TPSA) is 21.3 Å². The molecule has 1 rings (SSSR count). The molecule has 100 valence electrons. The van der Waals surface area contributed by atoms with E-state index in [1.807, 2.05) is 0 Å². The van der Waals surface area contributed by atoms with Crippen LogP contribution in [0.3, 0.4) is 0 Å². The minimum Gasteiger partial charge on any atom is -0.375 e. The maximum Gasteiger partial charge on any atom is 0.0694 e. The number of ether oxygens (including phenoxy) is 1. The van der Waals surface area contributed by atoms with E-state index in [9.17, 15) is 0 Å². The van der Waals surface area contributed by atoms with Crippen LogP contribution in [0.15, 0.2) is 12.2 Å². The molecular formula is C15H29NO. The van der Waals surface area contributed by atoms with E-state index in [-0.39, 0.29) is 11.1 Å². The third-order valence-corrected chi connectivity index (χ3v) is 3.44. The molecule has 2 heteroatoms. The summed E-state index contributed by atoms with van der Waals surface area (Å²) in [5, 5.41) is 3.55. The molecule has 0 atom stereocenters. The highest BCUT2D eigenvalue weighted by Crippen LogP contribution is 2.38. The third kappa shape index (κ3) is 5.69. The Morgan fingerprint density at radius 2 is 2.00 bits per heavy atom. The molecule has 17 heavy (non-hydrogen) atoms. The lowest BCUT2D eigenvalue weighted by atomic mass is 9.77. The molecule has 0 unspecified atom stereocenters.